The maximum absolute atomic E-state index is 16.0. The van der Waals surface area contributed by atoms with Gasteiger partial charge >= 0.3 is 0 Å². The predicted octanol–water partition coefficient (Wildman–Crippen LogP) is 2.11. The zero-order valence-electron chi connectivity index (χ0n) is 20.1. The number of carbonyl (C=O) groups excluding carboxylic acids is 2. The van der Waals surface area contributed by atoms with Crippen LogP contribution in [0, 0.1) is 18.6 Å². The summed E-state index contributed by atoms with van der Waals surface area (Å²) in [5, 5.41) is 22.6. The number of piperazine rings is 1. The standard InChI is InChI=1S/C23H25ClF2N8O3/c1-12-19(24)13(9-16(35)20(12)25)23(37)29-22-15(33-7-5-32(2)6-8-33)4-3-14(21(22)26)34-11-18(30-31-34)28-10-17(27)36/h3-4,9,11,28,35H,5-8,10H2,1-2H3,(H2,27,36)(H,29,37). The van der Waals surface area contributed by atoms with E-state index in [-0.39, 0.29) is 39.9 Å². The Hall–Kier alpha value is -3.97. The van der Waals surface area contributed by atoms with E-state index in [0.717, 1.165) is 23.8 Å². The lowest BCUT2D eigenvalue weighted by atomic mass is 10.1. The number of rotatable bonds is 7. The number of carbonyl (C=O) groups is 2. The molecule has 5 N–H and O–H groups in total. The van der Waals surface area contributed by atoms with E-state index in [1.54, 1.807) is 6.07 Å². The highest BCUT2D eigenvalue weighted by atomic mass is 35.5. The van der Waals surface area contributed by atoms with Gasteiger partial charge in [-0.1, -0.05) is 16.8 Å². The van der Waals surface area contributed by atoms with Gasteiger partial charge in [-0.3, -0.25) is 9.59 Å². The zero-order valence-corrected chi connectivity index (χ0v) is 20.8. The fourth-order valence-electron chi connectivity index (χ4n) is 3.90. The van der Waals surface area contributed by atoms with Crippen molar-refractivity contribution in [3.05, 3.63) is 52.2 Å². The number of amides is 2. The van der Waals surface area contributed by atoms with Crippen LogP contribution in [0.25, 0.3) is 5.69 Å². The summed E-state index contributed by atoms with van der Waals surface area (Å²) >= 11 is 6.17. The zero-order chi connectivity index (χ0) is 26.9. The maximum Gasteiger partial charge on any atom is 0.257 e. The van der Waals surface area contributed by atoms with Crippen LogP contribution in [0.2, 0.25) is 5.02 Å². The quantitative estimate of drug-likeness (QED) is 0.361. The van der Waals surface area contributed by atoms with Crippen LogP contribution >= 0.6 is 11.6 Å². The molecule has 0 spiro atoms. The molecule has 1 fully saturated rings. The number of hydrogen-bond acceptors (Lipinski definition) is 8. The molecule has 2 aromatic carbocycles. The average Bonchev–Trinajstić information content (AvgIpc) is 3.34. The molecule has 2 heterocycles. The van der Waals surface area contributed by atoms with Gasteiger partial charge in [0.15, 0.2) is 23.2 Å². The summed E-state index contributed by atoms with van der Waals surface area (Å²) in [6, 6.07) is 4.03. The number of phenols is 1. The first kappa shape index (κ1) is 26.1. The molecular weight excluding hydrogens is 510 g/mol. The Morgan fingerprint density at radius 2 is 1.84 bits per heavy atom. The van der Waals surface area contributed by atoms with Crippen LogP contribution in [0.1, 0.15) is 15.9 Å². The first-order valence-corrected chi connectivity index (χ1v) is 11.6. The highest BCUT2D eigenvalue weighted by Gasteiger charge is 2.26. The predicted molar refractivity (Wildman–Crippen MR) is 134 cm³/mol. The molecule has 0 aliphatic carbocycles. The number of anilines is 3. The van der Waals surface area contributed by atoms with Crippen LogP contribution in [-0.4, -0.2) is 76.6 Å². The van der Waals surface area contributed by atoms with Crippen LogP contribution in [0.3, 0.4) is 0 Å². The molecule has 4 rings (SSSR count). The van der Waals surface area contributed by atoms with Crippen molar-refractivity contribution in [3.63, 3.8) is 0 Å². The van der Waals surface area contributed by atoms with Crippen molar-refractivity contribution >= 4 is 40.6 Å². The van der Waals surface area contributed by atoms with Crippen LogP contribution in [-0.2, 0) is 4.79 Å². The Kier molecular flexibility index (Phi) is 7.45. The van der Waals surface area contributed by atoms with Gasteiger partial charge in [0.25, 0.3) is 5.91 Å². The van der Waals surface area contributed by atoms with Crippen LogP contribution in [0.4, 0.5) is 26.0 Å². The summed E-state index contributed by atoms with van der Waals surface area (Å²) in [5.74, 6) is -3.76. The monoisotopic (exact) mass is 534 g/mol. The second-order valence-corrected chi connectivity index (χ2v) is 8.98. The lowest BCUT2D eigenvalue weighted by Crippen LogP contribution is -2.44. The molecule has 1 saturated heterocycles. The van der Waals surface area contributed by atoms with Gasteiger partial charge in [-0.2, -0.15) is 0 Å². The summed E-state index contributed by atoms with van der Waals surface area (Å²) in [7, 11) is 1.98. The van der Waals surface area contributed by atoms with Gasteiger partial charge in [-0.05, 0) is 32.2 Å². The number of benzene rings is 2. The van der Waals surface area contributed by atoms with Gasteiger partial charge < -0.3 is 31.3 Å². The van der Waals surface area contributed by atoms with Crippen LogP contribution in [0.5, 0.6) is 5.75 Å². The van der Waals surface area contributed by atoms with Gasteiger partial charge in [-0.25, -0.2) is 13.5 Å². The van der Waals surface area contributed by atoms with Gasteiger partial charge in [0.2, 0.25) is 5.91 Å². The van der Waals surface area contributed by atoms with E-state index in [9.17, 15) is 19.1 Å². The van der Waals surface area contributed by atoms with E-state index in [1.165, 1.54) is 19.2 Å². The Morgan fingerprint density at radius 1 is 1.16 bits per heavy atom. The molecule has 11 nitrogen and oxygen atoms in total. The Balaban J connectivity index is 1.74. The first-order chi connectivity index (χ1) is 17.6. The van der Waals surface area contributed by atoms with E-state index in [2.05, 4.69) is 25.8 Å². The van der Waals surface area contributed by atoms with Crippen molar-refractivity contribution in [1.82, 2.24) is 19.9 Å². The van der Waals surface area contributed by atoms with Crippen molar-refractivity contribution in [2.24, 2.45) is 5.73 Å². The topological polar surface area (TPSA) is 142 Å². The van der Waals surface area contributed by atoms with Gasteiger partial charge in [0.1, 0.15) is 11.4 Å². The Labute approximate surface area is 215 Å². The number of aromatic hydroxyl groups is 1. The molecule has 1 aliphatic rings. The number of nitrogens with zero attached hydrogens (tertiary/aromatic N) is 5. The molecule has 0 bridgehead atoms. The van der Waals surface area contributed by atoms with E-state index in [1.807, 2.05) is 11.9 Å². The second-order valence-electron chi connectivity index (χ2n) is 8.60. The number of nitrogens with two attached hydrogens (primary N) is 1. The number of halogens is 3. The number of phenolic OH excluding ortho intramolecular Hbond substituents is 1. The summed E-state index contributed by atoms with van der Waals surface area (Å²) in [6.07, 6.45) is 1.36. The van der Waals surface area contributed by atoms with Crippen molar-refractivity contribution in [2.75, 3.05) is 55.3 Å². The molecule has 0 unspecified atom stereocenters. The van der Waals surface area contributed by atoms with Crippen molar-refractivity contribution in [3.8, 4) is 11.4 Å². The SMILES string of the molecule is Cc1c(F)c(O)cc(C(=O)Nc2c(N3CCN(C)CC3)ccc(-n3cc(NCC(N)=O)nn3)c2F)c1Cl. The minimum Gasteiger partial charge on any atom is -0.505 e. The lowest BCUT2D eigenvalue weighted by molar-refractivity contribution is -0.116. The molecule has 1 aliphatic heterocycles. The lowest BCUT2D eigenvalue weighted by Gasteiger charge is -2.35. The molecule has 2 amide bonds. The maximum atomic E-state index is 16.0. The molecule has 0 atom stereocenters. The number of nitrogens with one attached hydrogen (secondary N) is 2. The fraction of sp³-hybridized carbons (Fsp3) is 0.304. The number of likely N-dealkylation sites (N-methyl/N-ethyl adjacent to an activating group) is 1. The molecule has 37 heavy (non-hydrogen) atoms. The van der Waals surface area contributed by atoms with Crippen molar-refractivity contribution in [1.29, 1.82) is 0 Å². The molecule has 0 saturated carbocycles. The second kappa shape index (κ2) is 10.6. The molecule has 0 radical (unpaired) electrons. The van der Waals surface area contributed by atoms with E-state index in [4.69, 9.17) is 17.3 Å². The molecule has 1 aromatic heterocycles. The third kappa shape index (κ3) is 5.42. The molecule has 3 aromatic rings. The minimum absolute atomic E-state index is 0.0305. The Morgan fingerprint density at radius 3 is 2.51 bits per heavy atom. The van der Waals surface area contributed by atoms with E-state index in [0.29, 0.717) is 18.8 Å². The highest BCUT2D eigenvalue weighted by molar-refractivity contribution is 6.35. The Bertz CT molecular complexity index is 1360. The highest BCUT2D eigenvalue weighted by Crippen LogP contribution is 2.35. The smallest absolute Gasteiger partial charge is 0.257 e. The molecule has 196 valence electrons. The summed E-state index contributed by atoms with van der Waals surface area (Å²) in [4.78, 5) is 28.2. The van der Waals surface area contributed by atoms with Gasteiger partial charge in [-0.15, -0.1) is 5.10 Å². The van der Waals surface area contributed by atoms with Crippen molar-refractivity contribution in [2.45, 2.75) is 6.92 Å². The summed E-state index contributed by atoms with van der Waals surface area (Å²) in [5.41, 5.74) is 5.04. The van der Waals surface area contributed by atoms with Gasteiger partial charge in [0.05, 0.1) is 29.0 Å². The minimum atomic E-state index is -0.945. The first-order valence-electron chi connectivity index (χ1n) is 11.3. The third-order valence-corrected chi connectivity index (χ3v) is 6.50. The number of hydrogen-bond donors (Lipinski definition) is 4. The van der Waals surface area contributed by atoms with Crippen LogP contribution < -0.4 is 21.3 Å². The number of primary amides is 1. The normalized spacial score (nSPS) is 14.0. The average molecular weight is 535 g/mol. The van der Waals surface area contributed by atoms with E-state index < -0.39 is 29.2 Å². The van der Waals surface area contributed by atoms with Crippen molar-refractivity contribution < 1.29 is 23.5 Å². The summed E-state index contributed by atoms with van der Waals surface area (Å²) < 4.78 is 31.2. The third-order valence-electron chi connectivity index (χ3n) is 6.01. The van der Waals surface area contributed by atoms with E-state index >= 15 is 4.39 Å². The fourth-order valence-corrected chi connectivity index (χ4v) is 4.13. The molecular formula is C23H25ClF2N8O3. The van der Waals surface area contributed by atoms with Crippen LogP contribution in [0.15, 0.2) is 24.4 Å². The molecule has 14 heteroatoms. The van der Waals surface area contributed by atoms with Gasteiger partial charge in [0, 0.05) is 31.7 Å². The number of aromatic nitrogens is 3. The largest absolute Gasteiger partial charge is 0.505 e. The summed E-state index contributed by atoms with van der Waals surface area (Å²) in [6.45, 7) is 3.76.